The molecule has 4 heteroatoms. The van der Waals surface area contributed by atoms with E-state index in [9.17, 15) is 0 Å². The lowest BCUT2D eigenvalue weighted by molar-refractivity contribution is -0.276. The number of hydrogen-bond donors (Lipinski definition) is 1. The fraction of sp³-hybridized carbons (Fsp3) is 0.538. The number of ether oxygens (including phenoxy) is 3. The van der Waals surface area contributed by atoms with Gasteiger partial charge in [-0.15, -0.1) is 0 Å². The summed E-state index contributed by atoms with van der Waals surface area (Å²) in [5.41, 5.74) is 1.06. The van der Waals surface area contributed by atoms with E-state index in [1.54, 1.807) is 0 Å². The number of benzene rings is 1. The van der Waals surface area contributed by atoms with Crippen molar-refractivity contribution in [1.82, 2.24) is 0 Å². The van der Waals surface area contributed by atoms with Crippen LogP contribution in [0.4, 0.5) is 0 Å². The zero-order chi connectivity index (χ0) is 11.7. The summed E-state index contributed by atoms with van der Waals surface area (Å²) in [6, 6.07) is 10.0. The van der Waals surface area contributed by atoms with E-state index in [4.69, 9.17) is 14.2 Å². The molecule has 0 bridgehead atoms. The highest BCUT2D eigenvalue weighted by atomic mass is 32.1. The van der Waals surface area contributed by atoms with E-state index in [1.165, 1.54) is 0 Å². The Morgan fingerprint density at radius 2 is 1.82 bits per heavy atom. The van der Waals surface area contributed by atoms with Crippen LogP contribution < -0.4 is 0 Å². The number of fused-ring (bicyclic) bond motifs is 1. The van der Waals surface area contributed by atoms with Gasteiger partial charge in [0.1, 0.15) is 6.10 Å². The maximum Gasteiger partial charge on any atom is 0.184 e. The Hall–Kier alpha value is -0.550. The van der Waals surface area contributed by atoms with Crippen molar-refractivity contribution in [2.24, 2.45) is 0 Å². The normalized spacial score (nSPS) is 37.5. The number of hydrogen-bond acceptors (Lipinski definition) is 4. The van der Waals surface area contributed by atoms with Gasteiger partial charge in [-0.2, -0.15) is 12.6 Å². The monoisotopic (exact) mass is 252 g/mol. The smallest absolute Gasteiger partial charge is 0.184 e. The van der Waals surface area contributed by atoms with Gasteiger partial charge in [-0.3, -0.25) is 0 Å². The summed E-state index contributed by atoms with van der Waals surface area (Å²) in [6.45, 7) is 1.29. The SMILES string of the molecule is S[C@H]1CO[C@@H]2COC(c3ccccc3)O[C@H]2C1. The Morgan fingerprint density at radius 3 is 2.65 bits per heavy atom. The molecular formula is C13H16O3S. The molecule has 1 aromatic rings. The van der Waals surface area contributed by atoms with Crippen LogP contribution in [0.5, 0.6) is 0 Å². The first-order valence-electron chi connectivity index (χ1n) is 5.94. The Morgan fingerprint density at radius 1 is 1.00 bits per heavy atom. The average molecular weight is 252 g/mol. The first-order chi connectivity index (χ1) is 8.33. The lowest BCUT2D eigenvalue weighted by atomic mass is 10.0. The molecule has 2 fully saturated rings. The average Bonchev–Trinajstić information content (AvgIpc) is 2.39. The van der Waals surface area contributed by atoms with Crippen LogP contribution in [0.15, 0.2) is 30.3 Å². The van der Waals surface area contributed by atoms with E-state index in [2.05, 4.69) is 12.6 Å². The van der Waals surface area contributed by atoms with Gasteiger partial charge in [0.05, 0.1) is 19.3 Å². The molecule has 17 heavy (non-hydrogen) atoms. The van der Waals surface area contributed by atoms with Crippen molar-refractivity contribution in [3.8, 4) is 0 Å². The lowest BCUT2D eigenvalue weighted by Gasteiger charge is -2.40. The highest BCUT2D eigenvalue weighted by molar-refractivity contribution is 7.81. The van der Waals surface area contributed by atoms with Crippen molar-refractivity contribution in [3.63, 3.8) is 0 Å². The molecule has 0 amide bonds. The van der Waals surface area contributed by atoms with Crippen molar-refractivity contribution in [3.05, 3.63) is 35.9 Å². The Bertz CT molecular complexity index is 370. The highest BCUT2D eigenvalue weighted by Gasteiger charge is 2.37. The molecule has 0 aromatic heterocycles. The molecule has 2 saturated heterocycles. The second kappa shape index (κ2) is 4.98. The van der Waals surface area contributed by atoms with E-state index in [0.29, 0.717) is 13.2 Å². The van der Waals surface area contributed by atoms with Crippen LogP contribution in [-0.4, -0.2) is 30.7 Å². The molecular weight excluding hydrogens is 236 g/mol. The summed E-state index contributed by atoms with van der Waals surface area (Å²) in [5, 5.41) is 0.269. The predicted octanol–water partition coefficient (Wildman–Crippen LogP) is 2.19. The fourth-order valence-corrected chi connectivity index (χ4v) is 2.59. The molecule has 0 N–H and O–H groups in total. The molecule has 0 saturated carbocycles. The number of rotatable bonds is 1. The summed E-state index contributed by atoms with van der Waals surface area (Å²) in [6.07, 6.45) is 0.837. The summed E-state index contributed by atoms with van der Waals surface area (Å²) < 4.78 is 17.3. The van der Waals surface area contributed by atoms with Crippen LogP contribution in [-0.2, 0) is 14.2 Å². The number of thiol groups is 1. The molecule has 0 spiro atoms. The third kappa shape index (κ3) is 2.50. The van der Waals surface area contributed by atoms with E-state index < -0.39 is 0 Å². The molecule has 3 rings (SSSR count). The van der Waals surface area contributed by atoms with E-state index in [-0.39, 0.29) is 23.7 Å². The summed E-state index contributed by atoms with van der Waals surface area (Å²) >= 11 is 4.45. The third-order valence-electron chi connectivity index (χ3n) is 3.20. The molecule has 0 radical (unpaired) electrons. The summed E-state index contributed by atoms with van der Waals surface area (Å²) in [4.78, 5) is 0. The second-order valence-corrected chi connectivity index (χ2v) is 5.24. The van der Waals surface area contributed by atoms with Crippen LogP contribution in [0.1, 0.15) is 18.3 Å². The second-order valence-electron chi connectivity index (χ2n) is 4.51. The maximum absolute atomic E-state index is 5.95. The van der Waals surface area contributed by atoms with Crippen molar-refractivity contribution < 1.29 is 14.2 Å². The summed E-state index contributed by atoms with van der Waals surface area (Å²) in [7, 11) is 0. The Balaban J connectivity index is 1.70. The van der Waals surface area contributed by atoms with Crippen LogP contribution >= 0.6 is 12.6 Å². The van der Waals surface area contributed by atoms with Crippen molar-refractivity contribution in [2.75, 3.05) is 13.2 Å². The van der Waals surface area contributed by atoms with Crippen molar-refractivity contribution in [2.45, 2.75) is 30.2 Å². The molecule has 0 aliphatic carbocycles. The highest BCUT2D eigenvalue weighted by Crippen LogP contribution is 2.32. The van der Waals surface area contributed by atoms with E-state index >= 15 is 0 Å². The van der Waals surface area contributed by atoms with Gasteiger partial charge >= 0.3 is 0 Å². The molecule has 3 nitrogen and oxygen atoms in total. The minimum atomic E-state index is -0.264. The van der Waals surface area contributed by atoms with Gasteiger partial charge in [-0.05, 0) is 6.42 Å². The molecule has 1 unspecified atom stereocenters. The van der Waals surface area contributed by atoms with Crippen LogP contribution in [0.3, 0.4) is 0 Å². The lowest BCUT2D eigenvalue weighted by Crippen LogP contribution is -2.48. The molecule has 2 aliphatic heterocycles. The Kier molecular flexibility index (Phi) is 3.38. The molecule has 4 atom stereocenters. The van der Waals surface area contributed by atoms with Gasteiger partial charge in [0.25, 0.3) is 0 Å². The maximum atomic E-state index is 5.95. The van der Waals surface area contributed by atoms with Gasteiger partial charge in [0, 0.05) is 10.8 Å². The van der Waals surface area contributed by atoms with Gasteiger partial charge in [0.15, 0.2) is 6.29 Å². The minimum absolute atomic E-state index is 0.0679. The van der Waals surface area contributed by atoms with Gasteiger partial charge in [-0.1, -0.05) is 30.3 Å². The van der Waals surface area contributed by atoms with Crippen molar-refractivity contribution >= 4 is 12.6 Å². The van der Waals surface area contributed by atoms with Gasteiger partial charge in [0.2, 0.25) is 0 Å². The van der Waals surface area contributed by atoms with Crippen LogP contribution in [0, 0.1) is 0 Å². The zero-order valence-electron chi connectivity index (χ0n) is 9.49. The molecule has 2 aliphatic rings. The van der Waals surface area contributed by atoms with Crippen LogP contribution in [0.25, 0.3) is 0 Å². The van der Waals surface area contributed by atoms with Crippen molar-refractivity contribution in [1.29, 1.82) is 0 Å². The third-order valence-corrected chi connectivity index (χ3v) is 3.56. The first kappa shape index (κ1) is 11.5. The molecule has 2 heterocycles. The molecule has 92 valence electrons. The largest absolute Gasteiger partial charge is 0.372 e. The van der Waals surface area contributed by atoms with Gasteiger partial charge < -0.3 is 14.2 Å². The molecule has 1 aromatic carbocycles. The summed E-state index contributed by atoms with van der Waals surface area (Å²) in [5.74, 6) is 0. The quantitative estimate of drug-likeness (QED) is 0.776. The topological polar surface area (TPSA) is 27.7 Å². The minimum Gasteiger partial charge on any atom is -0.372 e. The van der Waals surface area contributed by atoms with E-state index in [0.717, 1.165) is 12.0 Å². The first-order valence-corrected chi connectivity index (χ1v) is 6.46. The zero-order valence-corrected chi connectivity index (χ0v) is 10.4. The standard InChI is InChI=1S/C13H16O3S/c17-10-6-11-12(14-7-10)8-15-13(16-11)9-4-2-1-3-5-9/h1-5,10-13,17H,6-8H2/t10-,11+,12-,13?/m1/s1. The fourth-order valence-electron chi connectivity index (χ4n) is 2.29. The van der Waals surface area contributed by atoms with E-state index in [1.807, 2.05) is 30.3 Å². The van der Waals surface area contributed by atoms with Gasteiger partial charge in [-0.25, -0.2) is 0 Å². The van der Waals surface area contributed by atoms with Crippen LogP contribution in [0.2, 0.25) is 0 Å². The Labute approximate surface area is 106 Å². The predicted molar refractivity (Wildman–Crippen MR) is 67.1 cm³/mol.